The fraction of sp³-hybridized carbons (Fsp3) is 0.308. The van der Waals surface area contributed by atoms with Gasteiger partial charge in [0, 0.05) is 19.0 Å². The zero-order valence-corrected chi connectivity index (χ0v) is 10.6. The maximum atomic E-state index is 11.6. The second-order valence-corrected chi connectivity index (χ2v) is 3.96. The van der Waals surface area contributed by atoms with Crippen molar-refractivity contribution >= 4 is 5.91 Å². The van der Waals surface area contributed by atoms with E-state index in [4.69, 9.17) is 4.42 Å². The van der Waals surface area contributed by atoms with Gasteiger partial charge >= 0.3 is 0 Å². The lowest BCUT2D eigenvalue weighted by Crippen LogP contribution is -2.31. The zero-order valence-electron chi connectivity index (χ0n) is 10.6. The fourth-order valence-electron chi connectivity index (χ4n) is 1.59. The number of rotatable bonds is 5. The molecule has 0 aliphatic heterocycles. The SMILES string of the molecule is CCC(=O)NCCn1nc(-c2ccco2)ccc1=O. The van der Waals surface area contributed by atoms with Gasteiger partial charge < -0.3 is 9.73 Å². The molecular weight excluding hydrogens is 246 g/mol. The van der Waals surface area contributed by atoms with Crippen molar-refractivity contribution in [2.45, 2.75) is 19.9 Å². The maximum Gasteiger partial charge on any atom is 0.266 e. The summed E-state index contributed by atoms with van der Waals surface area (Å²) in [4.78, 5) is 22.8. The Morgan fingerprint density at radius 2 is 2.26 bits per heavy atom. The van der Waals surface area contributed by atoms with Crippen molar-refractivity contribution in [3.63, 3.8) is 0 Å². The van der Waals surface area contributed by atoms with Crippen LogP contribution in [-0.4, -0.2) is 22.2 Å². The van der Waals surface area contributed by atoms with Crippen LogP contribution in [0, 0.1) is 0 Å². The van der Waals surface area contributed by atoms with Gasteiger partial charge in [-0.25, -0.2) is 4.68 Å². The van der Waals surface area contributed by atoms with Crippen LogP contribution in [0.25, 0.3) is 11.5 Å². The highest BCUT2D eigenvalue weighted by molar-refractivity contribution is 5.75. The van der Waals surface area contributed by atoms with Gasteiger partial charge in [-0.2, -0.15) is 5.10 Å². The summed E-state index contributed by atoms with van der Waals surface area (Å²) in [5.41, 5.74) is 0.382. The van der Waals surface area contributed by atoms with E-state index in [0.29, 0.717) is 31.0 Å². The Kier molecular flexibility index (Phi) is 4.12. The first kappa shape index (κ1) is 13.1. The number of carbonyl (C=O) groups is 1. The topological polar surface area (TPSA) is 77.1 Å². The number of hydrogen-bond acceptors (Lipinski definition) is 4. The number of amides is 1. The highest BCUT2D eigenvalue weighted by Gasteiger charge is 2.05. The summed E-state index contributed by atoms with van der Waals surface area (Å²) in [7, 11) is 0. The highest BCUT2D eigenvalue weighted by Crippen LogP contribution is 2.14. The Labute approximate surface area is 110 Å². The van der Waals surface area contributed by atoms with E-state index in [1.54, 1.807) is 31.4 Å². The molecule has 1 N–H and O–H groups in total. The molecule has 0 atom stereocenters. The van der Waals surface area contributed by atoms with Crippen LogP contribution >= 0.6 is 0 Å². The van der Waals surface area contributed by atoms with Crippen LogP contribution in [0.5, 0.6) is 0 Å². The second-order valence-electron chi connectivity index (χ2n) is 3.96. The number of aromatic nitrogens is 2. The van der Waals surface area contributed by atoms with Crippen molar-refractivity contribution in [3.05, 3.63) is 40.9 Å². The van der Waals surface area contributed by atoms with Crippen LogP contribution in [0.2, 0.25) is 0 Å². The van der Waals surface area contributed by atoms with Gasteiger partial charge in [0.1, 0.15) is 5.69 Å². The summed E-state index contributed by atoms with van der Waals surface area (Å²) < 4.78 is 6.54. The van der Waals surface area contributed by atoms with E-state index < -0.39 is 0 Å². The predicted molar refractivity (Wildman–Crippen MR) is 69.5 cm³/mol. The van der Waals surface area contributed by atoms with Crippen molar-refractivity contribution in [2.75, 3.05) is 6.54 Å². The molecule has 2 aromatic heterocycles. The summed E-state index contributed by atoms with van der Waals surface area (Å²) in [5.74, 6) is 0.557. The Morgan fingerprint density at radius 3 is 2.95 bits per heavy atom. The molecule has 6 heteroatoms. The predicted octanol–water partition coefficient (Wildman–Crippen LogP) is 1.03. The molecule has 2 aromatic rings. The molecule has 1 amide bonds. The molecule has 0 saturated carbocycles. The first-order valence-corrected chi connectivity index (χ1v) is 6.09. The summed E-state index contributed by atoms with van der Waals surface area (Å²) >= 11 is 0. The van der Waals surface area contributed by atoms with Crippen LogP contribution in [0.4, 0.5) is 0 Å². The minimum absolute atomic E-state index is 0.0461. The Hall–Kier alpha value is -2.37. The zero-order chi connectivity index (χ0) is 13.7. The summed E-state index contributed by atoms with van der Waals surface area (Å²) in [6, 6.07) is 6.58. The number of carbonyl (C=O) groups excluding carboxylic acids is 1. The van der Waals surface area contributed by atoms with Gasteiger partial charge in [0.2, 0.25) is 5.91 Å². The monoisotopic (exact) mass is 261 g/mol. The Morgan fingerprint density at radius 1 is 1.42 bits per heavy atom. The minimum atomic E-state index is -0.207. The fourth-order valence-corrected chi connectivity index (χ4v) is 1.59. The van der Waals surface area contributed by atoms with Gasteiger partial charge in [-0.1, -0.05) is 6.92 Å². The second kappa shape index (κ2) is 5.99. The molecule has 0 unspecified atom stereocenters. The van der Waals surface area contributed by atoms with E-state index in [2.05, 4.69) is 10.4 Å². The van der Waals surface area contributed by atoms with E-state index in [1.165, 1.54) is 10.7 Å². The van der Waals surface area contributed by atoms with Crippen molar-refractivity contribution in [1.82, 2.24) is 15.1 Å². The van der Waals surface area contributed by atoms with E-state index >= 15 is 0 Å². The average Bonchev–Trinajstić information content (AvgIpc) is 2.94. The van der Waals surface area contributed by atoms with Crippen molar-refractivity contribution in [3.8, 4) is 11.5 Å². The molecular formula is C13H15N3O3. The molecule has 0 spiro atoms. The van der Waals surface area contributed by atoms with E-state index in [-0.39, 0.29) is 11.5 Å². The number of hydrogen-bond donors (Lipinski definition) is 1. The molecule has 2 heterocycles. The third-order valence-corrected chi connectivity index (χ3v) is 2.61. The van der Waals surface area contributed by atoms with Gasteiger partial charge in [0.05, 0.1) is 12.8 Å². The molecule has 0 saturated heterocycles. The lowest BCUT2D eigenvalue weighted by molar-refractivity contribution is -0.120. The first-order valence-electron chi connectivity index (χ1n) is 6.09. The van der Waals surface area contributed by atoms with Crippen LogP contribution in [0.1, 0.15) is 13.3 Å². The van der Waals surface area contributed by atoms with E-state index in [9.17, 15) is 9.59 Å². The molecule has 0 radical (unpaired) electrons. The average molecular weight is 261 g/mol. The van der Waals surface area contributed by atoms with E-state index in [0.717, 1.165) is 0 Å². The molecule has 19 heavy (non-hydrogen) atoms. The van der Waals surface area contributed by atoms with Gasteiger partial charge in [-0.05, 0) is 18.2 Å². The molecule has 0 aromatic carbocycles. The Balaban J connectivity index is 2.10. The lowest BCUT2D eigenvalue weighted by Gasteiger charge is -2.06. The standard InChI is InChI=1S/C13H15N3O3/c1-2-12(17)14-7-8-16-13(18)6-5-10(15-16)11-4-3-9-19-11/h3-6,9H,2,7-8H2,1H3,(H,14,17). The molecule has 100 valence electrons. The summed E-state index contributed by atoms with van der Waals surface area (Å²) in [5, 5.41) is 6.90. The first-order chi connectivity index (χ1) is 9.20. The van der Waals surface area contributed by atoms with Crippen LogP contribution in [-0.2, 0) is 11.3 Å². The smallest absolute Gasteiger partial charge is 0.266 e. The van der Waals surface area contributed by atoms with Gasteiger partial charge in [0.25, 0.3) is 5.56 Å². The van der Waals surface area contributed by atoms with Crippen molar-refractivity contribution in [1.29, 1.82) is 0 Å². The van der Waals surface area contributed by atoms with Gasteiger partial charge in [-0.3, -0.25) is 9.59 Å². The Bertz CT molecular complexity index is 602. The van der Waals surface area contributed by atoms with Gasteiger partial charge in [-0.15, -0.1) is 0 Å². The van der Waals surface area contributed by atoms with Crippen molar-refractivity contribution < 1.29 is 9.21 Å². The molecule has 0 fully saturated rings. The molecule has 0 aliphatic carbocycles. The lowest BCUT2D eigenvalue weighted by atomic mass is 10.3. The quantitative estimate of drug-likeness (QED) is 0.872. The van der Waals surface area contributed by atoms with Crippen LogP contribution < -0.4 is 10.9 Å². The molecule has 6 nitrogen and oxygen atoms in total. The number of nitrogens with zero attached hydrogens (tertiary/aromatic N) is 2. The normalized spacial score (nSPS) is 10.4. The number of furan rings is 1. The minimum Gasteiger partial charge on any atom is -0.463 e. The third kappa shape index (κ3) is 3.31. The largest absolute Gasteiger partial charge is 0.463 e. The highest BCUT2D eigenvalue weighted by atomic mass is 16.3. The van der Waals surface area contributed by atoms with Crippen LogP contribution in [0.15, 0.2) is 39.7 Å². The molecule has 0 aliphatic rings. The third-order valence-electron chi connectivity index (χ3n) is 2.61. The van der Waals surface area contributed by atoms with Gasteiger partial charge in [0.15, 0.2) is 5.76 Å². The number of nitrogens with one attached hydrogen (secondary N) is 1. The molecule has 2 rings (SSSR count). The van der Waals surface area contributed by atoms with Crippen molar-refractivity contribution in [2.24, 2.45) is 0 Å². The summed E-state index contributed by atoms with van der Waals surface area (Å²) in [6.45, 7) is 2.48. The summed E-state index contributed by atoms with van der Waals surface area (Å²) in [6.07, 6.45) is 1.97. The van der Waals surface area contributed by atoms with E-state index in [1.807, 2.05) is 0 Å². The molecule has 0 bridgehead atoms. The maximum absolute atomic E-state index is 11.6. The van der Waals surface area contributed by atoms with Crippen LogP contribution in [0.3, 0.4) is 0 Å².